The fourth-order valence-electron chi connectivity index (χ4n) is 1.61. The van der Waals surface area contributed by atoms with Crippen molar-refractivity contribution in [3.8, 4) is 0 Å². The van der Waals surface area contributed by atoms with Gasteiger partial charge in [-0.05, 0) is 31.5 Å². The van der Waals surface area contributed by atoms with Gasteiger partial charge in [0.15, 0.2) is 0 Å². The molecule has 1 aromatic rings. The summed E-state index contributed by atoms with van der Waals surface area (Å²) >= 11 is 5.89. The van der Waals surface area contributed by atoms with E-state index in [0.717, 1.165) is 12.8 Å². The highest BCUT2D eigenvalue weighted by Crippen LogP contribution is 2.32. The predicted octanol–water partition coefficient (Wildman–Crippen LogP) is 3.12. The van der Waals surface area contributed by atoms with Gasteiger partial charge >= 0.3 is 6.18 Å². The first kappa shape index (κ1) is 20.2. The van der Waals surface area contributed by atoms with Crippen LogP contribution in [0, 0.1) is 0 Å². The number of carbonyl (C=O) groups is 2. The summed E-state index contributed by atoms with van der Waals surface area (Å²) in [4.78, 5) is 23.5. The first-order valence-corrected chi connectivity index (χ1v) is 7.56. The minimum absolute atomic E-state index is 0.121. The van der Waals surface area contributed by atoms with Crippen molar-refractivity contribution in [2.75, 3.05) is 11.9 Å². The van der Waals surface area contributed by atoms with Gasteiger partial charge in [-0.3, -0.25) is 9.59 Å². The average Bonchev–Trinajstić information content (AvgIpc) is 2.48. The SMILES string of the molecule is CCCCNC(=O)c1ccc(NC(=O)C(C)(O)C(F)(F)F)c(Cl)c1. The second-order valence-corrected chi connectivity index (χ2v) is 5.74. The van der Waals surface area contributed by atoms with E-state index in [0.29, 0.717) is 13.5 Å². The minimum atomic E-state index is -5.14. The van der Waals surface area contributed by atoms with Crippen molar-refractivity contribution in [1.82, 2.24) is 5.32 Å². The zero-order valence-electron chi connectivity index (χ0n) is 13.1. The first-order valence-electron chi connectivity index (χ1n) is 7.19. The maximum Gasteiger partial charge on any atom is 0.426 e. The molecule has 5 nitrogen and oxygen atoms in total. The molecule has 1 rings (SSSR count). The van der Waals surface area contributed by atoms with Crippen LogP contribution >= 0.6 is 11.6 Å². The van der Waals surface area contributed by atoms with E-state index in [-0.39, 0.29) is 22.2 Å². The van der Waals surface area contributed by atoms with Gasteiger partial charge in [-0.1, -0.05) is 24.9 Å². The lowest BCUT2D eigenvalue weighted by Gasteiger charge is -2.25. The molecule has 3 N–H and O–H groups in total. The molecule has 0 radical (unpaired) electrons. The van der Waals surface area contributed by atoms with Gasteiger partial charge < -0.3 is 15.7 Å². The van der Waals surface area contributed by atoms with E-state index >= 15 is 0 Å². The summed E-state index contributed by atoms with van der Waals surface area (Å²) in [5.41, 5.74) is -3.50. The van der Waals surface area contributed by atoms with E-state index in [1.807, 2.05) is 12.2 Å². The van der Waals surface area contributed by atoms with Crippen LogP contribution in [0.15, 0.2) is 18.2 Å². The normalized spacial score (nSPS) is 14.0. The lowest BCUT2D eigenvalue weighted by Crippen LogP contribution is -2.52. The molecule has 9 heteroatoms. The molecule has 0 aliphatic carbocycles. The molecule has 0 bridgehead atoms. The van der Waals surface area contributed by atoms with Gasteiger partial charge in [0, 0.05) is 12.1 Å². The molecule has 0 saturated heterocycles. The molecule has 0 fully saturated rings. The maximum atomic E-state index is 12.6. The lowest BCUT2D eigenvalue weighted by atomic mass is 10.1. The third kappa shape index (κ3) is 4.85. The minimum Gasteiger partial charge on any atom is -0.373 e. The summed E-state index contributed by atoms with van der Waals surface area (Å²) in [6.45, 7) is 2.79. The van der Waals surface area contributed by atoms with Gasteiger partial charge in [-0.25, -0.2) is 0 Å². The Balaban J connectivity index is 2.86. The molecule has 0 heterocycles. The Hall–Kier alpha value is -1.80. The highest BCUT2D eigenvalue weighted by atomic mass is 35.5. The highest BCUT2D eigenvalue weighted by Gasteiger charge is 2.55. The summed E-state index contributed by atoms with van der Waals surface area (Å²) in [7, 11) is 0. The average molecular weight is 367 g/mol. The number of rotatable bonds is 6. The summed E-state index contributed by atoms with van der Waals surface area (Å²) in [5.74, 6) is -2.05. The van der Waals surface area contributed by atoms with Crippen LogP contribution in [0.4, 0.5) is 18.9 Å². The van der Waals surface area contributed by atoms with E-state index in [2.05, 4.69) is 5.32 Å². The van der Waals surface area contributed by atoms with Gasteiger partial charge in [0.25, 0.3) is 11.8 Å². The molecule has 134 valence electrons. The molecular formula is C15H18ClF3N2O3. The highest BCUT2D eigenvalue weighted by molar-refractivity contribution is 6.34. The topological polar surface area (TPSA) is 78.4 Å². The number of benzene rings is 1. The molecule has 0 spiro atoms. The molecular weight excluding hydrogens is 349 g/mol. The van der Waals surface area contributed by atoms with Crippen molar-refractivity contribution in [2.24, 2.45) is 0 Å². The maximum absolute atomic E-state index is 12.6. The van der Waals surface area contributed by atoms with E-state index in [9.17, 15) is 27.9 Å². The molecule has 0 aromatic heterocycles. The quantitative estimate of drug-likeness (QED) is 0.677. The molecule has 24 heavy (non-hydrogen) atoms. The fraction of sp³-hybridized carbons (Fsp3) is 0.467. The van der Waals surface area contributed by atoms with Gasteiger partial charge in [-0.2, -0.15) is 13.2 Å². The van der Waals surface area contributed by atoms with Crippen molar-refractivity contribution < 1.29 is 27.9 Å². The largest absolute Gasteiger partial charge is 0.426 e. The molecule has 1 atom stereocenters. The number of amides is 2. The Bertz CT molecular complexity index is 618. The molecule has 1 aromatic carbocycles. The first-order chi connectivity index (χ1) is 11.0. The lowest BCUT2D eigenvalue weighted by molar-refractivity contribution is -0.242. The molecule has 0 saturated carbocycles. The number of aliphatic hydroxyl groups is 1. The summed E-state index contributed by atoms with van der Waals surface area (Å²) < 4.78 is 37.8. The molecule has 0 aliphatic rings. The number of alkyl halides is 3. The fourth-order valence-corrected chi connectivity index (χ4v) is 1.84. The summed E-state index contributed by atoms with van der Waals surface area (Å²) in [6, 6.07) is 3.73. The van der Waals surface area contributed by atoms with Crippen molar-refractivity contribution in [3.05, 3.63) is 28.8 Å². The van der Waals surface area contributed by atoms with Crippen LogP contribution in [0.5, 0.6) is 0 Å². The number of hydrogen-bond acceptors (Lipinski definition) is 3. The van der Waals surface area contributed by atoms with Crippen molar-refractivity contribution >= 4 is 29.1 Å². The smallest absolute Gasteiger partial charge is 0.373 e. The van der Waals surface area contributed by atoms with E-state index < -0.39 is 17.7 Å². The van der Waals surface area contributed by atoms with Crippen molar-refractivity contribution in [2.45, 2.75) is 38.5 Å². The zero-order valence-corrected chi connectivity index (χ0v) is 13.9. The van der Waals surface area contributed by atoms with Gasteiger partial charge in [0.1, 0.15) is 0 Å². The Morgan fingerprint density at radius 1 is 1.29 bits per heavy atom. The van der Waals surface area contributed by atoms with Gasteiger partial charge in [0.2, 0.25) is 5.60 Å². The van der Waals surface area contributed by atoms with E-state index in [1.54, 1.807) is 0 Å². The Morgan fingerprint density at radius 2 is 1.92 bits per heavy atom. The van der Waals surface area contributed by atoms with Crippen LogP contribution in [-0.2, 0) is 4.79 Å². The third-order valence-electron chi connectivity index (χ3n) is 3.29. The van der Waals surface area contributed by atoms with E-state index in [1.165, 1.54) is 18.2 Å². The molecule has 0 aliphatic heterocycles. The Kier molecular flexibility index (Phi) is 6.62. The van der Waals surface area contributed by atoms with Crippen molar-refractivity contribution in [1.29, 1.82) is 0 Å². The number of nitrogens with one attached hydrogen (secondary N) is 2. The number of anilines is 1. The summed E-state index contributed by atoms with van der Waals surface area (Å²) in [5, 5.41) is 13.7. The second kappa shape index (κ2) is 7.85. The Labute approximate surface area is 142 Å². The van der Waals surface area contributed by atoms with Crippen LogP contribution in [-0.4, -0.2) is 35.2 Å². The van der Waals surface area contributed by atoms with Crippen LogP contribution in [0.25, 0.3) is 0 Å². The van der Waals surface area contributed by atoms with Crippen LogP contribution in [0.2, 0.25) is 5.02 Å². The van der Waals surface area contributed by atoms with Gasteiger partial charge in [-0.15, -0.1) is 0 Å². The van der Waals surface area contributed by atoms with Crippen LogP contribution in [0.1, 0.15) is 37.0 Å². The summed E-state index contributed by atoms with van der Waals surface area (Å²) in [6.07, 6.45) is -3.42. The zero-order chi connectivity index (χ0) is 18.5. The molecule has 1 unspecified atom stereocenters. The Morgan fingerprint density at radius 3 is 2.42 bits per heavy atom. The number of halogens is 4. The molecule has 2 amide bonds. The van der Waals surface area contributed by atoms with Crippen molar-refractivity contribution in [3.63, 3.8) is 0 Å². The monoisotopic (exact) mass is 366 g/mol. The number of hydrogen-bond donors (Lipinski definition) is 3. The predicted molar refractivity (Wildman–Crippen MR) is 84.0 cm³/mol. The van der Waals surface area contributed by atoms with Crippen LogP contribution in [0.3, 0.4) is 0 Å². The number of unbranched alkanes of at least 4 members (excludes halogenated alkanes) is 1. The van der Waals surface area contributed by atoms with Gasteiger partial charge in [0.05, 0.1) is 10.7 Å². The van der Waals surface area contributed by atoms with E-state index in [4.69, 9.17) is 11.6 Å². The second-order valence-electron chi connectivity index (χ2n) is 5.33. The third-order valence-corrected chi connectivity index (χ3v) is 3.60. The van der Waals surface area contributed by atoms with Crippen LogP contribution < -0.4 is 10.6 Å². The number of carbonyl (C=O) groups excluding carboxylic acids is 2. The standard InChI is InChI=1S/C15H18ClF3N2O3/c1-3-4-7-20-12(22)9-5-6-11(10(16)8-9)21-13(23)14(2,24)15(17,18)19/h5-6,8,24H,3-4,7H2,1-2H3,(H,20,22)(H,21,23).